The van der Waals surface area contributed by atoms with Crippen molar-refractivity contribution >= 4 is 35.1 Å². The summed E-state index contributed by atoms with van der Waals surface area (Å²) in [6, 6.07) is 22.0. The molecule has 3 nitrogen and oxygen atoms in total. The second-order valence-corrected chi connectivity index (χ2v) is 6.82. The molecule has 0 fully saturated rings. The van der Waals surface area contributed by atoms with Crippen LogP contribution in [0.25, 0.3) is 28.7 Å². The summed E-state index contributed by atoms with van der Waals surface area (Å²) >= 11 is 12.2. The Morgan fingerprint density at radius 3 is 2.39 bits per heavy atom. The van der Waals surface area contributed by atoms with Gasteiger partial charge in [-0.25, -0.2) is 0 Å². The first kappa shape index (κ1) is 18.4. The van der Waals surface area contributed by atoms with Crippen LogP contribution in [-0.4, -0.2) is 5.78 Å². The van der Waals surface area contributed by atoms with Crippen molar-refractivity contribution in [2.24, 2.45) is 0 Å². The minimum absolute atomic E-state index is 0.206. The lowest BCUT2D eigenvalue weighted by Gasteiger charge is -2.01. The first-order chi connectivity index (χ1) is 13.6. The van der Waals surface area contributed by atoms with Gasteiger partial charge in [0.2, 0.25) is 5.78 Å². The van der Waals surface area contributed by atoms with Crippen molar-refractivity contribution in [3.63, 3.8) is 0 Å². The fourth-order valence-electron chi connectivity index (χ4n) is 2.75. The molecule has 0 amide bonds. The molecular formula is C23H14Cl2O3. The van der Waals surface area contributed by atoms with Crippen LogP contribution in [0.2, 0.25) is 10.0 Å². The number of allylic oxidation sites excluding steroid dienone is 1. The zero-order valence-corrected chi connectivity index (χ0v) is 16.1. The number of ketones is 1. The number of carbonyl (C=O) groups is 1. The summed E-state index contributed by atoms with van der Waals surface area (Å²) in [7, 11) is 0. The summed E-state index contributed by atoms with van der Waals surface area (Å²) in [5, 5.41) is 0.812. The Hall–Kier alpha value is -3.01. The molecule has 5 heteroatoms. The van der Waals surface area contributed by atoms with Gasteiger partial charge in [0.05, 0.1) is 10.0 Å². The number of carbonyl (C=O) groups excluding carboxylic acids is 1. The first-order valence-corrected chi connectivity index (χ1v) is 9.29. The van der Waals surface area contributed by atoms with Crippen LogP contribution in [0.1, 0.15) is 16.3 Å². The first-order valence-electron chi connectivity index (χ1n) is 8.54. The fraction of sp³-hybridized carbons (Fsp3) is 0. The molecule has 0 saturated heterocycles. The second-order valence-electron chi connectivity index (χ2n) is 6.03. The third-order valence-corrected chi connectivity index (χ3v) is 4.97. The molecule has 2 heterocycles. The number of benzene rings is 2. The van der Waals surface area contributed by atoms with Gasteiger partial charge in [-0.05, 0) is 48.6 Å². The zero-order chi connectivity index (χ0) is 19.5. The van der Waals surface area contributed by atoms with E-state index in [2.05, 4.69) is 0 Å². The van der Waals surface area contributed by atoms with Crippen molar-refractivity contribution in [1.29, 1.82) is 0 Å². The molecule has 138 valence electrons. The maximum atomic E-state index is 12.4. The van der Waals surface area contributed by atoms with Crippen LogP contribution in [0, 0.1) is 0 Å². The highest BCUT2D eigenvalue weighted by Gasteiger charge is 2.14. The molecule has 0 spiro atoms. The van der Waals surface area contributed by atoms with Gasteiger partial charge in [0.25, 0.3) is 0 Å². The second kappa shape index (κ2) is 7.93. The van der Waals surface area contributed by atoms with Gasteiger partial charge >= 0.3 is 0 Å². The van der Waals surface area contributed by atoms with Gasteiger partial charge in [-0.3, -0.25) is 4.79 Å². The maximum absolute atomic E-state index is 12.4. The van der Waals surface area contributed by atoms with Crippen LogP contribution in [0.15, 0.2) is 87.7 Å². The van der Waals surface area contributed by atoms with E-state index < -0.39 is 0 Å². The highest BCUT2D eigenvalue weighted by atomic mass is 35.5. The van der Waals surface area contributed by atoms with Gasteiger partial charge in [-0.2, -0.15) is 0 Å². The van der Waals surface area contributed by atoms with Crippen LogP contribution in [0.4, 0.5) is 0 Å². The summed E-state index contributed by atoms with van der Waals surface area (Å²) < 4.78 is 11.4. The SMILES string of the molecule is O=C(/C=C/c1ccc(-c2ccccc2)o1)c1ccc(-c2cccc(Cl)c2Cl)o1. The van der Waals surface area contributed by atoms with Gasteiger partial charge in [-0.15, -0.1) is 0 Å². The molecule has 0 unspecified atom stereocenters. The molecule has 0 radical (unpaired) electrons. The van der Waals surface area contributed by atoms with Gasteiger partial charge in [-0.1, -0.05) is 59.6 Å². The van der Waals surface area contributed by atoms with Crippen molar-refractivity contribution in [1.82, 2.24) is 0 Å². The topological polar surface area (TPSA) is 43.4 Å². The molecule has 0 N–H and O–H groups in total. The Balaban J connectivity index is 1.51. The van der Waals surface area contributed by atoms with Crippen molar-refractivity contribution in [2.45, 2.75) is 0 Å². The molecule has 4 rings (SSSR count). The van der Waals surface area contributed by atoms with Crippen LogP contribution in [-0.2, 0) is 0 Å². The summed E-state index contributed by atoms with van der Waals surface area (Å²) in [6.45, 7) is 0. The maximum Gasteiger partial charge on any atom is 0.221 e. The molecule has 2 aromatic carbocycles. The summed E-state index contributed by atoms with van der Waals surface area (Å²) in [6.07, 6.45) is 3.03. The zero-order valence-electron chi connectivity index (χ0n) is 14.6. The monoisotopic (exact) mass is 408 g/mol. The van der Waals surface area contributed by atoms with E-state index in [1.807, 2.05) is 42.5 Å². The Kier molecular flexibility index (Phi) is 5.20. The molecule has 0 aliphatic heterocycles. The highest BCUT2D eigenvalue weighted by Crippen LogP contribution is 2.34. The van der Waals surface area contributed by atoms with E-state index in [1.54, 1.807) is 36.4 Å². The smallest absolute Gasteiger partial charge is 0.221 e. The highest BCUT2D eigenvalue weighted by molar-refractivity contribution is 6.43. The number of furan rings is 2. The average Bonchev–Trinajstić information content (AvgIpc) is 3.39. The standard InChI is InChI=1S/C23H14Cl2O3/c24-18-8-4-7-17(23(18)25)21-13-14-22(28-21)19(26)11-9-16-10-12-20(27-16)15-5-2-1-3-6-15/h1-14H/b11-9+. The Labute approximate surface area is 171 Å². The number of rotatable bonds is 5. The van der Waals surface area contributed by atoms with Crippen molar-refractivity contribution in [3.05, 3.63) is 100 Å². The van der Waals surface area contributed by atoms with Gasteiger partial charge in [0.15, 0.2) is 5.76 Å². The van der Waals surface area contributed by atoms with Gasteiger partial charge in [0.1, 0.15) is 17.3 Å². The molecule has 0 bridgehead atoms. The van der Waals surface area contributed by atoms with E-state index in [1.165, 1.54) is 6.08 Å². The third-order valence-electron chi connectivity index (χ3n) is 4.15. The summed E-state index contributed by atoms with van der Waals surface area (Å²) in [4.78, 5) is 12.4. The van der Waals surface area contributed by atoms with Crippen LogP contribution in [0.5, 0.6) is 0 Å². The minimum atomic E-state index is -0.276. The largest absolute Gasteiger partial charge is 0.457 e. The van der Waals surface area contributed by atoms with Crippen molar-refractivity contribution < 1.29 is 13.6 Å². The molecule has 0 aliphatic carbocycles. The quantitative estimate of drug-likeness (QED) is 0.255. The molecule has 0 aliphatic rings. The molecule has 4 aromatic rings. The lowest BCUT2D eigenvalue weighted by Crippen LogP contribution is -1.90. The van der Waals surface area contributed by atoms with E-state index >= 15 is 0 Å². The Morgan fingerprint density at radius 2 is 1.57 bits per heavy atom. The van der Waals surface area contributed by atoms with Crippen molar-refractivity contribution in [2.75, 3.05) is 0 Å². The molecule has 28 heavy (non-hydrogen) atoms. The average molecular weight is 409 g/mol. The van der Waals surface area contributed by atoms with Crippen LogP contribution >= 0.6 is 23.2 Å². The molecular weight excluding hydrogens is 395 g/mol. The van der Waals surface area contributed by atoms with Gasteiger partial charge in [0, 0.05) is 11.1 Å². The van der Waals surface area contributed by atoms with E-state index in [-0.39, 0.29) is 11.5 Å². The minimum Gasteiger partial charge on any atom is -0.457 e. The normalized spacial score (nSPS) is 11.2. The molecule has 2 aromatic heterocycles. The summed E-state index contributed by atoms with van der Waals surface area (Å²) in [5.41, 5.74) is 1.61. The van der Waals surface area contributed by atoms with Crippen LogP contribution < -0.4 is 0 Å². The van der Waals surface area contributed by atoms with E-state index in [0.29, 0.717) is 27.1 Å². The van der Waals surface area contributed by atoms with E-state index in [0.717, 1.165) is 11.3 Å². The Bertz CT molecular complexity index is 1150. The third kappa shape index (κ3) is 3.81. The van der Waals surface area contributed by atoms with Crippen molar-refractivity contribution in [3.8, 4) is 22.6 Å². The lowest BCUT2D eigenvalue weighted by atomic mass is 10.2. The predicted octanol–water partition coefficient (Wildman–Crippen LogP) is 7.41. The number of hydrogen-bond donors (Lipinski definition) is 0. The Morgan fingerprint density at radius 1 is 0.786 bits per heavy atom. The molecule has 0 saturated carbocycles. The van der Waals surface area contributed by atoms with Crippen LogP contribution in [0.3, 0.4) is 0 Å². The lowest BCUT2D eigenvalue weighted by molar-refractivity contribution is 0.102. The van der Waals surface area contributed by atoms with E-state index in [9.17, 15) is 4.79 Å². The number of hydrogen-bond acceptors (Lipinski definition) is 3. The fourth-order valence-corrected chi connectivity index (χ4v) is 3.14. The molecule has 0 atom stereocenters. The van der Waals surface area contributed by atoms with Gasteiger partial charge < -0.3 is 8.83 Å². The van der Waals surface area contributed by atoms with E-state index in [4.69, 9.17) is 32.0 Å². The predicted molar refractivity (Wildman–Crippen MR) is 112 cm³/mol. The number of halogens is 2. The summed E-state index contributed by atoms with van der Waals surface area (Å²) in [5.74, 6) is 1.73.